The largest absolute Gasteiger partial charge is 0.444 e. The van der Waals surface area contributed by atoms with Crippen LogP contribution in [0, 0.1) is 5.41 Å². The maximum absolute atomic E-state index is 11.5. The minimum Gasteiger partial charge on any atom is -0.444 e. The molecule has 4 heteroatoms. The zero-order valence-electron chi connectivity index (χ0n) is 9.72. The van der Waals surface area contributed by atoms with Gasteiger partial charge in [-0.1, -0.05) is 0 Å². The van der Waals surface area contributed by atoms with Gasteiger partial charge >= 0.3 is 6.09 Å². The second-order valence-corrected chi connectivity index (χ2v) is 5.69. The molecule has 0 aromatic carbocycles. The summed E-state index contributed by atoms with van der Waals surface area (Å²) in [5.41, 5.74) is -0.0586. The molecule has 1 aliphatic carbocycles. The molecule has 2 fully saturated rings. The van der Waals surface area contributed by atoms with E-state index in [0.717, 1.165) is 19.5 Å². The fourth-order valence-corrected chi connectivity index (χ4v) is 2.24. The van der Waals surface area contributed by atoms with Crippen LogP contribution in [0.15, 0.2) is 0 Å². The number of carbonyl (C=O) groups is 1. The number of alkyl carbamates (subject to hydrolysis) is 1. The molecule has 1 saturated heterocycles. The molecule has 1 aliphatic heterocycles. The molecule has 1 saturated carbocycles. The summed E-state index contributed by atoms with van der Waals surface area (Å²) in [6.07, 6.45) is 1.99. The Bertz CT molecular complexity index is 264. The lowest BCUT2D eigenvalue weighted by atomic mass is 10.1. The minimum absolute atomic E-state index is 0.281. The van der Waals surface area contributed by atoms with Gasteiger partial charge in [0, 0.05) is 18.0 Å². The van der Waals surface area contributed by atoms with Crippen molar-refractivity contribution in [2.45, 2.75) is 45.3 Å². The number of rotatable bonds is 1. The van der Waals surface area contributed by atoms with Crippen molar-refractivity contribution in [3.05, 3.63) is 0 Å². The van der Waals surface area contributed by atoms with Crippen LogP contribution >= 0.6 is 0 Å². The standard InChI is InChI=1S/C11H20N2O2/c1-10(2,3)15-9(14)13-8-6-11(8)4-5-12-7-11/h8,12H,4-7H2,1-3H3,(H,13,14). The molecule has 0 aromatic rings. The molecule has 0 aromatic heterocycles. The molecule has 2 rings (SSSR count). The fourth-order valence-electron chi connectivity index (χ4n) is 2.24. The molecule has 1 spiro atoms. The van der Waals surface area contributed by atoms with Crippen LogP contribution in [-0.2, 0) is 4.74 Å². The Balaban J connectivity index is 1.77. The number of amides is 1. The molecule has 2 N–H and O–H groups in total. The van der Waals surface area contributed by atoms with Crippen molar-refractivity contribution >= 4 is 6.09 Å². The topological polar surface area (TPSA) is 50.4 Å². The molecule has 0 bridgehead atoms. The zero-order chi connectivity index (χ0) is 11.1. The van der Waals surface area contributed by atoms with Gasteiger partial charge in [0.15, 0.2) is 0 Å². The van der Waals surface area contributed by atoms with Gasteiger partial charge in [-0.05, 0) is 40.2 Å². The van der Waals surface area contributed by atoms with Crippen LogP contribution in [0.3, 0.4) is 0 Å². The number of carbonyl (C=O) groups excluding carboxylic acids is 1. The number of hydrogen-bond donors (Lipinski definition) is 2. The fraction of sp³-hybridized carbons (Fsp3) is 0.909. The van der Waals surface area contributed by atoms with Crippen molar-refractivity contribution in [2.24, 2.45) is 5.41 Å². The van der Waals surface area contributed by atoms with Gasteiger partial charge in [-0.2, -0.15) is 0 Å². The second kappa shape index (κ2) is 3.37. The molecule has 2 aliphatic rings. The van der Waals surface area contributed by atoms with E-state index in [1.165, 1.54) is 6.42 Å². The molecule has 2 atom stereocenters. The average Bonchev–Trinajstić information content (AvgIpc) is 2.54. The van der Waals surface area contributed by atoms with Gasteiger partial charge in [-0.25, -0.2) is 4.79 Å². The minimum atomic E-state index is -0.403. The van der Waals surface area contributed by atoms with Crippen LogP contribution in [-0.4, -0.2) is 30.8 Å². The maximum atomic E-state index is 11.5. The average molecular weight is 212 g/mol. The third-order valence-electron chi connectivity index (χ3n) is 3.16. The van der Waals surface area contributed by atoms with Crippen molar-refractivity contribution in [1.82, 2.24) is 10.6 Å². The van der Waals surface area contributed by atoms with E-state index >= 15 is 0 Å². The predicted octanol–water partition coefficient (Wildman–Crippen LogP) is 1.26. The smallest absolute Gasteiger partial charge is 0.407 e. The summed E-state index contributed by atoms with van der Waals surface area (Å²) in [4.78, 5) is 11.5. The predicted molar refractivity (Wildman–Crippen MR) is 57.7 cm³/mol. The summed E-state index contributed by atoms with van der Waals surface area (Å²) in [5, 5.41) is 6.28. The van der Waals surface area contributed by atoms with E-state index in [-0.39, 0.29) is 6.09 Å². The van der Waals surface area contributed by atoms with E-state index < -0.39 is 5.60 Å². The first-order valence-electron chi connectivity index (χ1n) is 5.62. The molecule has 1 heterocycles. The normalized spacial score (nSPS) is 34.2. The SMILES string of the molecule is CC(C)(C)OC(=O)NC1CC12CCNC2. The monoisotopic (exact) mass is 212 g/mol. The summed E-state index contributed by atoms with van der Waals surface area (Å²) in [6, 6.07) is 0.322. The van der Waals surface area contributed by atoms with Gasteiger partial charge in [0.05, 0.1) is 0 Å². The van der Waals surface area contributed by atoms with E-state index in [1.807, 2.05) is 20.8 Å². The summed E-state index contributed by atoms with van der Waals surface area (Å²) in [5.74, 6) is 0. The first kappa shape index (κ1) is 10.7. The summed E-state index contributed by atoms with van der Waals surface area (Å²) in [7, 11) is 0. The Morgan fingerprint density at radius 2 is 2.27 bits per heavy atom. The quantitative estimate of drug-likeness (QED) is 0.688. The molecule has 4 nitrogen and oxygen atoms in total. The third-order valence-corrected chi connectivity index (χ3v) is 3.16. The lowest BCUT2D eigenvalue weighted by molar-refractivity contribution is 0.0517. The van der Waals surface area contributed by atoms with E-state index in [9.17, 15) is 4.79 Å². The highest BCUT2D eigenvalue weighted by Gasteiger charge is 2.56. The highest BCUT2D eigenvalue weighted by atomic mass is 16.6. The van der Waals surface area contributed by atoms with Gasteiger partial charge < -0.3 is 15.4 Å². The van der Waals surface area contributed by atoms with Gasteiger partial charge in [-0.15, -0.1) is 0 Å². The summed E-state index contributed by atoms with van der Waals surface area (Å²) >= 11 is 0. The van der Waals surface area contributed by atoms with Crippen LogP contribution in [0.1, 0.15) is 33.6 Å². The van der Waals surface area contributed by atoms with E-state index in [1.54, 1.807) is 0 Å². The zero-order valence-corrected chi connectivity index (χ0v) is 9.72. The van der Waals surface area contributed by atoms with E-state index in [2.05, 4.69) is 10.6 Å². The molecule has 1 amide bonds. The van der Waals surface area contributed by atoms with Crippen molar-refractivity contribution in [2.75, 3.05) is 13.1 Å². The summed E-state index contributed by atoms with van der Waals surface area (Å²) in [6.45, 7) is 7.76. The van der Waals surface area contributed by atoms with Crippen molar-refractivity contribution in [1.29, 1.82) is 0 Å². The Hall–Kier alpha value is -0.770. The molecule has 0 radical (unpaired) electrons. The van der Waals surface area contributed by atoms with Crippen LogP contribution in [0.5, 0.6) is 0 Å². The Labute approximate surface area is 90.8 Å². The van der Waals surface area contributed by atoms with Gasteiger partial charge in [0.2, 0.25) is 0 Å². The number of hydrogen-bond acceptors (Lipinski definition) is 3. The van der Waals surface area contributed by atoms with Gasteiger partial charge in [0.25, 0.3) is 0 Å². The Kier molecular flexibility index (Phi) is 2.41. The van der Waals surface area contributed by atoms with Gasteiger partial charge in [-0.3, -0.25) is 0 Å². The summed E-state index contributed by atoms with van der Waals surface area (Å²) < 4.78 is 5.22. The molecular weight excluding hydrogens is 192 g/mol. The van der Waals surface area contributed by atoms with Gasteiger partial charge in [0.1, 0.15) is 5.60 Å². The van der Waals surface area contributed by atoms with Crippen molar-refractivity contribution in [3.63, 3.8) is 0 Å². The lowest BCUT2D eigenvalue weighted by Crippen LogP contribution is -2.36. The van der Waals surface area contributed by atoms with Crippen molar-refractivity contribution in [3.8, 4) is 0 Å². The third kappa shape index (κ3) is 2.43. The molecule has 2 unspecified atom stereocenters. The molecule has 15 heavy (non-hydrogen) atoms. The molecular formula is C11H20N2O2. The highest BCUT2D eigenvalue weighted by molar-refractivity contribution is 5.68. The van der Waals surface area contributed by atoms with Crippen LogP contribution in [0.2, 0.25) is 0 Å². The van der Waals surface area contributed by atoms with Crippen LogP contribution in [0.25, 0.3) is 0 Å². The van der Waals surface area contributed by atoms with Crippen LogP contribution < -0.4 is 10.6 Å². The maximum Gasteiger partial charge on any atom is 0.407 e. The number of nitrogens with one attached hydrogen (secondary N) is 2. The Morgan fingerprint density at radius 1 is 1.53 bits per heavy atom. The van der Waals surface area contributed by atoms with E-state index in [0.29, 0.717) is 11.5 Å². The first-order chi connectivity index (χ1) is 6.91. The van der Waals surface area contributed by atoms with Crippen LogP contribution in [0.4, 0.5) is 4.79 Å². The molecule has 86 valence electrons. The second-order valence-electron chi connectivity index (χ2n) is 5.69. The van der Waals surface area contributed by atoms with Crippen molar-refractivity contribution < 1.29 is 9.53 Å². The first-order valence-corrected chi connectivity index (χ1v) is 5.62. The Morgan fingerprint density at radius 3 is 2.80 bits per heavy atom. The highest BCUT2D eigenvalue weighted by Crippen LogP contribution is 2.50. The lowest BCUT2D eigenvalue weighted by Gasteiger charge is -2.20. The van der Waals surface area contributed by atoms with E-state index in [4.69, 9.17) is 4.74 Å². The number of ether oxygens (including phenoxy) is 1.